The van der Waals surface area contributed by atoms with Crippen LogP contribution in [0.4, 0.5) is 11.4 Å². The molecule has 0 radical (unpaired) electrons. The second kappa shape index (κ2) is 7.73. The molecule has 2 heterocycles. The topological polar surface area (TPSA) is 110 Å². The fourth-order valence-electron chi connectivity index (χ4n) is 2.74. The molecule has 3 N–H and O–H groups in total. The fraction of sp³-hybridized carbons (Fsp3) is 0.278. The van der Waals surface area contributed by atoms with Gasteiger partial charge < -0.3 is 25.1 Å². The van der Waals surface area contributed by atoms with Crippen LogP contribution in [-0.4, -0.2) is 30.9 Å². The van der Waals surface area contributed by atoms with E-state index < -0.39 is 5.91 Å². The summed E-state index contributed by atoms with van der Waals surface area (Å²) in [5, 5.41) is 8.21. The van der Waals surface area contributed by atoms with E-state index in [1.54, 1.807) is 30.3 Å². The van der Waals surface area contributed by atoms with E-state index in [4.69, 9.17) is 9.15 Å². The maximum Gasteiger partial charge on any atom is 0.291 e. The quantitative estimate of drug-likeness (QED) is 0.734. The van der Waals surface area contributed by atoms with E-state index in [0.29, 0.717) is 30.0 Å². The van der Waals surface area contributed by atoms with Crippen molar-refractivity contribution in [3.8, 4) is 5.75 Å². The Balaban J connectivity index is 1.67. The van der Waals surface area contributed by atoms with Crippen molar-refractivity contribution in [2.75, 3.05) is 17.7 Å². The van der Waals surface area contributed by atoms with E-state index in [1.807, 2.05) is 0 Å². The Morgan fingerprint density at radius 3 is 2.81 bits per heavy atom. The fourth-order valence-corrected chi connectivity index (χ4v) is 2.74. The van der Waals surface area contributed by atoms with Gasteiger partial charge in [0.15, 0.2) is 5.76 Å². The van der Waals surface area contributed by atoms with Gasteiger partial charge in [-0.3, -0.25) is 14.4 Å². The predicted octanol–water partition coefficient (Wildman–Crippen LogP) is 2.15. The highest BCUT2D eigenvalue weighted by molar-refractivity contribution is 6.03. The molecular weight excluding hydrogens is 338 g/mol. The molecule has 1 atom stereocenters. The van der Waals surface area contributed by atoms with E-state index in [0.717, 1.165) is 0 Å². The molecule has 3 amide bonds. The number of amides is 3. The lowest BCUT2D eigenvalue weighted by molar-refractivity contribution is -0.119. The molecule has 8 nitrogen and oxygen atoms in total. The molecule has 1 fully saturated rings. The van der Waals surface area contributed by atoms with Crippen LogP contribution in [0.1, 0.15) is 29.8 Å². The summed E-state index contributed by atoms with van der Waals surface area (Å²) < 4.78 is 10.3. The summed E-state index contributed by atoms with van der Waals surface area (Å²) in [4.78, 5) is 35.5. The lowest BCUT2D eigenvalue weighted by Crippen LogP contribution is -2.29. The van der Waals surface area contributed by atoms with E-state index in [9.17, 15) is 14.4 Å². The summed E-state index contributed by atoms with van der Waals surface area (Å²) in [5.41, 5.74) is 0.913. The number of hydrogen-bond donors (Lipinski definition) is 3. The molecule has 2 aromatic rings. The minimum atomic E-state index is -0.426. The number of furan rings is 1. The van der Waals surface area contributed by atoms with E-state index >= 15 is 0 Å². The van der Waals surface area contributed by atoms with Gasteiger partial charge in [0.25, 0.3) is 5.91 Å². The van der Waals surface area contributed by atoms with Gasteiger partial charge in [-0.2, -0.15) is 0 Å². The summed E-state index contributed by atoms with van der Waals surface area (Å²) in [6.45, 7) is 0. The number of rotatable bonds is 6. The number of ether oxygens (including phenoxy) is 1. The van der Waals surface area contributed by atoms with Crippen molar-refractivity contribution in [1.82, 2.24) is 5.32 Å². The van der Waals surface area contributed by atoms with Crippen LogP contribution < -0.4 is 20.7 Å². The highest BCUT2D eigenvalue weighted by atomic mass is 16.5. The first-order valence-electron chi connectivity index (χ1n) is 8.17. The van der Waals surface area contributed by atoms with Gasteiger partial charge in [0.05, 0.1) is 19.1 Å². The SMILES string of the molecule is COc1ccc(NC(=O)C[C@@H]2CCC(=O)N2)cc1NC(=O)c1ccco1. The van der Waals surface area contributed by atoms with Crippen LogP contribution in [0.5, 0.6) is 5.75 Å². The first-order chi connectivity index (χ1) is 12.5. The number of hydrogen-bond acceptors (Lipinski definition) is 5. The molecule has 1 saturated heterocycles. The molecule has 0 unspecified atom stereocenters. The van der Waals surface area contributed by atoms with Gasteiger partial charge in [0, 0.05) is 24.6 Å². The number of anilines is 2. The highest BCUT2D eigenvalue weighted by Gasteiger charge is 2.23. The van der Waals surface area contributed by atoms with Crippen molar-refractivity contribution in [2.24, 2.45) is 0 Å². The average Bonchev–Trinajstić information content (AvgIpc) is 3.27. The molecule has 3 rings (SSSR count). The number of methoxy groups -OCH3 is 1. The second-order valence-corrected chi connectivity index (χ2v) is 5.90. The lowest BCUT2D eigenvalue weighted by Gasteiger charge is -2.13. The summed E-state index contributed by atoms with van der Waals surface area (Å²) in [6.07, 6.45) is 2.71. The Bertz CT molecular complexity index is 816. The monoisotopic (exact) mass is 357 g/mol. The van der Waals surface area contributed by atoms with E-state index in [1.165, 1.54) is 13.4 Å². The van der Waals surface area contributed by atoms with Gasteiger partial charge in [-0.1, -0.05) is 0 Å². The maximum absolute atomic E-state index is 12.2. The number of carbonyl (C=O) groups is 3. The minimum absolute atomic E-state index is 0.0322. The molecule has 136 valence electrons. The van der Waals surface area contributed by atoms with Crippen LogP contribution in [0.15, 0.2) is 41.0 Å². The van der Waals surface area contributed by atoms with Crippen LogP contribution in [0.3, 0.4) is 0 Å². The van der Waals surface area contributed by atoms with Crippen LogP contribution in [-0.2, 0) is 9.59 Å². The molecule has 1 aromatic heterocycles. The van der Waals surface area contributed by atoms with Gasteiger partial charge in [0.1, 0.15) is 5.75 Å². The highest BCUT2D eigenvalue weighted by Crippen LogP contribution is 2.28. The standard InChI is InChI=1S/C18H19N3O5/c1-25-14-6-4-11(20-17(23)10-12-5-7-16(22)19-12)9-13(14)21-18(24)15-3-2-8-26-15/h2-4,6,8-9,12H,5,7,10H2,1H3,(H,19,22)(H,20,23)(H,21,24)/t12-/m0/s1. The average molecular weight is 357 g/mol. The third-order valence-electron chi connectivity index (χ3n) is 3.99. The van der Waals surface area contributed by atoms with Gasteiger partial charge in [-0.05, 0) is 36.8 Å². The van der Waals surface area contributed by atoms with Crippen molar-refractivity contribution in [3.05, 3.63) is 42.4 Å². The van der Waals surface area contributed by atoms with Crippen molar-refractivity contribution >= 4 is 29.1 Å². The van der Waals surface area contributed by atoms with Crippen LogP contribution >= 0.6 is 0 Å². The van der Waals surface area contributed by atoms with Gasteiger partial charge >= 0.3 is 0 Å². The van der Waals surface area contributed by atoms with Crippen molar-refractivity contribution in [1.29, 1.82) is 0 Å². The zero-order valence-corrected chi connectivity index (χ0v) is 14.2. The Morgan fingerprint density at radius 1 is 1.31 bits per heavy atom. The molecule has 1 aliphatic heterocycles. The molecule has 0 spiro atoms. The molecular formula is C18H19N3O5. The van der Waals surface area contributed by atoms with Crippen molar-refractivity contribution in [2.45, 2.75) is 25.3 Å². The summed E-state index contributed by atoms with van der Waals surface area (Å²) >= 11 is 0. The normalized spacial score (nSPS) is 16.0. The summed E-state index contributed by atoms with van der Waals surface area (Å²) in [7, 11) is 1.49. The predicted molar refractivity (Wildman–Crippen MR) is 94.1 cm³/mol. The number of carbonyl (C=O) groups excluding carboxylic acids is 3. The Morgan fingerprint density at radius 2 is 2.15 bits per heavy atom. The van der Waals surface area contributed by atoms with Crippen LogP contribution in [0.2, 0.25) is 0 Å². The van der Waals surface area contributed by atoms with Gasteiger partial charge in [-0.15, -0.1) is 0 Å². The van der Waals surface area contributed by atoms with Crippen molar-refractivity contribution in [3.63, 3.8) is 0 Å². The molecule has 26 heavy (non-hydrogen) atoms. The Kier molecular flexibility index (Phi) is 5.21. The first-order valence-corrected chi connectivity index (χ1v) is 8.17. The smallest absolute Gasteiger partial charge is 0.291 e. The van der Waals surface area contributed by atoms with Crippen LogP contribution in [0.25, 0.3) is 0 Å². The lowest BCUT2D eigenvalue weighted by atomic mass is 10.1. The summed E-state index contributed by atoms with van der Waals surface area (Å²) in [6, 6.07) is 7.94. The molecule has 0 aliphatic carbocycles. The van der Waals surface area contributed by atoms with Gasteiger partial charge in [-0.25, -0.2) is 0 Å². The third-order valence-corrected chi connectivity index (χ3v) is 3.99. The first kappa shape index (κ1) is 17.5. The van der Waals surface area contributed by atoms with Gasteiger partial charge in [0.2, 0.25) is 11.8 Å². The zero-order chi connectivity index (χ0) is 18.5. The largest absolute Gasteiger partial charge is 0.495 e. The number of nitrogens with one attached hydrogen (secondary N) is 3. The molecule has 8 heteroatoms. The van der Waals surface area contributed by atoms with Crippen molar-refractivity contribution < 1.29 is 23.5 Å². The third kappa shape index (κ3) is 4.21. The maximum atomic E-state index is 12.2. The zero-order valence-electron chi connectivity index (χ0n) is 14.2. The van der Waals surface area contributed by atoms with E-state index in [2.05, 4.69) is 16.0 Å². The molecule has 1 aliphatic rings. The summed E-state index contributed by atoms with van der Waals surface area (Å²) in [5.74, 6) is -0.0595. The Labute approximate surface area is 149 Å². The number of benzene rings is 1. The molecule has 0 saturated carbocycles. The minimum Gasteiger partial charge on any atom is -0.495 e. The Hall–Kier alpha value is -3.29. The molecule has 1 aromatic carbocycles. The van der Waals surface area contributed by atoms with Crippen LogP contribution in [0, 0.1) is 0 Å². The second-order valence-electron chi connectivity index (χ2n) is 5.90. The van der Waals surface area contributed by atoms with E-state index in [-0.39, 0.29) is 30.0 Å². The molecule has 0 bridgehead atoms.